The van der Waals surface area contributed by atoms with Gasteiger partial charge in [0.15, 0.2) is 0 Å². The van der Waals surface area contributed by atoms with E-state index in [1.807, 2.05) is 9.80 Å². The first kappa shape index (κ1) is 18.5. The molecule has 0 saturated carbocycles. The standard InChI is InChI=1S/C22H30N2O3/c25-14-13-24-16-22(8-7-20(24)26)9-11-23(12-10-22)21(27)15-18-6-5-17-3-1-2-4-19(17)18/h1-4,18,25H,5-16H2/t18-/m0/s1. The molecule has 146 valence electrons. The fourth-order valence-electron chi connectivity index (χ4n) is 5.26. The number of likely N-dealkylation sites (tertiary alicyclic amines) is 2. The van der Waals surface area contributed by atoms with Gasteiger partial charge in [-0.1, -0.05) is 24.3 Å². The van der Waals surface area contributed by atoms with Crippen LogP contribution in [0.2, 0.25) is 0 Å². The maximum absolute atomic E-state index is 12.9. The van der Waals surface area contributed by atoms with E-state index in [1.54, 1.807) is 0 Å². The Hall–Kier alpha value is -1.88. The number of benzene rings is 1. The molecule has 2 fully saturated rings. The maximum atomic E-state index is 12.9. The van der Waals surface area contributed by atoms with Crippen LogP contribution in [0.5, 0.6) is 0 Å². The minimum Gasteiger partial charge on any atom is -0.395 e. The Balaban J connectivity index is 1.33. The minimum absolute atomic E-state index is 0.0231. The van der Waals surface area contributed by atoms with E-state index < -0.39 is 0 Å². The molecule has 1 spiro atoms. The molecule has 0 unspecified atom stereocenters. The van der Waals surface area contributed by atoms with Gasteiger partial charge in [-0.05, 0) is 54.6 Å². The van der Waals surface area contributed by atoms with Crippen LogP contribution in [0, 0.1) is 5.41 Å². The molecule has 1 atom stereocenters. The van der Waals surface area contributed by atoms with E-state index in [9.17, 15) is 14.7 Å². The van der Waals surface area contributed by atoms with Crippen molar-refractivity contribution in [3.05, 3.63) is 35.4 Å². The minimum atomic E-state index is 0.0231. The van der Waals surface area contributed by atoms with Crippen LogP contribution in [0.15, 0.2) is 24.3 Å². The molecule has 5 heteroatoms. The lowest BCUT2D eigenvalue weighted by atomic mass is 9.72. The number of piperidine rings is 2. The van der Waals surface area contributed by atoms with Gasteiger partial charge in [-0.2, -0.15) is 0 Å². The number of carbonyl (C=O) groups is 2. The van der Waals surface area contributed by atoms with Crippen molar-refractivity contribution >= 4 is 11.8 Å². The van der Waals surface area contributed by atoms with Gasteiger partial charge in [0, 0.05) is 39.0 Å². The molecular weight excluding hydrogens is 340 g/mol. The van der Waals surface area contributed by atoms with E-state index in [0.29, 0.717) is 25.3 Å². The molecule has 2 amide bonds. The van der Waals surface area contributed by atoms with Gasteiger partial charge >= 0.3 is 0 Å². The van der Waals surface area contributed by atoms with E-state index in [0.717, 1.165) is 51.7 Å². The highest BCUT2D eigenvalue weighted by molar-refractivity contribution is 5.78. The average Bonchev–Trinajstić information content (AvgIpc) is 3.09. The van der Waals surface area contributed by atoms with Crippen LogP contribution in [0.4, 0.5) is 0 Å². The molecule has 0 radical (unpaired) electrons. The first-order valence-electron chi connectivity index (χ1n) is 10.3. The summed E-state index contributed by atoms with van der Waals surface area (Å²) in [5.74, 6) is 0.815. The number of β-amino-alcohol motifs (C(OH)–C–C–N with tert-alkyl or cyclic N) is 1. The zero-order valence-corrected chi connectivity index (χ0v) is 16.0. The lowest BCUT2D eigenvalue weighted by molar-refractivity contribution is -0.143. The molecule has 4 rings (SSSR count). The Morgan fingerprint density at radius 3 is 2.70 bits per heavy atom. The topological polar surface area (TPSA) is 60.9 Å². The van der Waals surface area contributed by atoms with Crippen molar-refractivity contribution in [3.8, 4) is 0 Å². The summed E-state index contributed by atoms with van der Waals surface area (Å²) in [7, 11) is 0. The van der Waals surface area contributed by atoms with Crippen LogP contribution < -0.4 is 0 Å². The SMILES string of the molecule is O=C(C[C@@H]1CCc2ccccc21)N1CCC2(CCC(=O)N(CCO)C2)CC1. The summed E-state index contributed by atoms with van der Waals surface area (Å²) in [4.78, 5) is 28.8. The molecule has 1 aromatic carbocycles. The van der Waals surface area contributed by atoms with Crippen molar-refractivity contribution < 1.29 is 14.7 Å². The largest absolute Gasteiger partial charge is 0.395 e. The number of carbonyl (C=O) groups excluding carboxylic acids is 2. The van der Waals surface area contributed by atoms with Gasteiger partial charge in [0.05, 0.1) is 6.61 Å². The molecular formula is C22H30N2O3. The molecule has 0 bridgehead atoms. The summed E-state index contributed by atoms with van der Waals surface area (Å²) < 4.78 is 0. The highest BCUT2D eigenvalue weighted by Gasteiger charge is 2.41. The molecule has 0 aromatic heterocycles. The number of aliphatic hydroxyl groups excluding tert-OH is 1. The molecule has 3 aliphatic rings. The highest BCUT2D eigenvalue weighted by atomic mass is 16.3. The van der Waals surface area contributed by atoms with Crippen LogP contribution >= 0.6 is 0 Å². The number of aliphatic hydroxyl groups is 1. The summed E-state index contributed by atoms with van der Waals surface area (Å²) in [6.07, 6.45) is 6.23. The lowest BCUT2D eigenvalue weighted by Gasteiger charge is -2.47. The van der Waals surface area contributed by atoms with E-state index in [2.05, 4.69) is 24.3 Å². The van der Waals surface area contributed by atoms with Crippen LogP contribution in [-0.4, -0.2) is 59.5 Å². The first-order chi connectivity index (χ1) is 13.1. The number of rotatable bonds is 4. The van der Waals surface area contributed by atoms with Crippen molar-refractivity contribution in [2.45, 2.75) is 50.9 Å². The Morgan fingerprint density at radius 2 is 1.93 bits per heavy atom. The fraction of sp³-hybridized carbons (Fsp3) is 0.636. The third kappa shape index (κ3) is 3.75. The fourth-order valence-corrected chi connectivity index (χ4v) is 5.26. The summed E-state index contributed by atoms with van der Waals surface area (Å²) in [5.41, 5.74) is 2.91. The van der Waals surface area contributed by atoms with Crippen molar-refractivity contribution in [3.63, 3.8) is 0 Å². The van der Waals surface area contributed by atoms with Crippen molar-refractivity contribution in [1.29, 1.82) is 0 Å². The van der Waals surface area contributed by atoms with Gasteiger partial charge in [-0.15, -0.1) is 0 Å². The third-order valence-corrected chi connectivity index (χ3v) is 6.97. The molecule has 1 aliphatic carbocycles. The molecule has 2 heterocycles. The van der Waals surface area contributed by atoms with Crippen molar-refractivity contribution in [1.82, 2.24) is 9.80 Å². The molecule has 27 heavy (non-hydrogen) atoms. The predicted molar refractivity (Wildman–Crippen MR) is 103 cm³/mol. The normalized spacial score (nSPS) is 24.3. The van der Waals surface area contributed by atoms with Gasteiger partial charge in [0.1, 0.15) is 0 Å². The monoisotopic (exact) mass is 370 g/mol. The maximum Gasteiger partial charge on any atom is 0.223 e. The number of amides is 2. The Labute approximate surface area is 161 Å². The second-order valence-corrected chi connectivity index (χ2v) is 8.56. The van der Waals surface area contributed by atoms with Gasteiger partial charge in [-0.3, -0.25) is 9.59 Å². The quantitative estimate of drug-likeness (QED) is 0.885. The summed E-state index contributed by atoms with van der Waals surface area (Å²) >= 11 is 0. The zero-order valence-electron chi connectivity index (χ0n) is 16.0. The van der Waals surface area contributed by atoms with Crippen molar-refractivity contribution in [2.24, 2.45) is 5.41 Å². The number of aryl methyl sites for hydroxylation is 1. The van der Waals surface area contributed by atoms with Crippen LogP contribution in [-0.2, 0) is 16.0 Å². The van der Waals surface area contributed by atoms with Crippen LogP contribution in [0.3, 0.4) is 0 Å². The smallest absolute Gasteiger partial charge is 0.223 e. The zero-order chi connectivity index (χ0) is 18.9. The van der Waals surface area contributed by atoms with E-state index in [1.165, 1.54) is 11.1 Å². The second-order valence-electron chi connectivity index (χ2n) is 8.56. The number of nitrogens with zero attached hydrogens (tertiary/aromatic N) is 2. The number of hydrogen-bond donors (Lipinski definition) is 1. The van der Waals surface area contributed by atoms with E-state index >= 15 is 0 Å². The number of hydrogen-bond acceptors (Lipinski definition) is 3. The Bertz CT molecular complexity index is 709. The van der Waals surface area contributed by atoms with Gasteiger partial charge in [0.25, 0.3) is 0 Å². The molecule has 2 saturated heterocycles. The molecule has 1 aromatic rings. The summed E-state index contributed by atoms with van der Waals surface area (Å²) in [5, 5.41) is 9.20. The lowest BCUT2D eigenvalue weighted by Crippen LogP contribution is -2.52. The van der Waals surface area contributed by atoms with E-state index in [4.69, 9.17) is 0 Å². The summed E-state index contributed by atoms with van der Waals surface area (Å²) in [6, 6.07) is 8.53. The Morgan fingerprint density at radius 1 is 1.15 bits per heavy atom. The second kappa shape index (κ2) is 7.63. The van der Waals surface area contributed by atoms with Crippen molar-refractivity contribution in [2.75, 3.05) is 32.8 Å². The van der Waals surface area contributed by atoms with Gasteiger partial charge in [0.2, 0.25) is 11.8 Å². The highest BCUT2D eigenvalue weighted by Crippen LogP contribution is 2.41. The molecule has 5 nitrogen and oxygen atoms in total. The number of fused-ring (bicyclic) bond motifs is 1. The predicted octanol–water partition coefficient (Wildman–Crippen LogP) is 2.33. The van der Waals surface area contributed by atoms with Gasteiger partial charge < -0.3 is 14.9 Å². The Kier molecular flexibility index (Phi) is 5.22. The summed E-state index contributed by atoms with van der Waals surface area (Å²) in [6.45, 7) is 2.80. The van der Waals surface area contributed by atoms with Crippen LogP contribution in [0.1, 0.15) is 55.6 Å². The van der Waals surface area contributed by atoms with E-state index in [-0.39, 0.29) is 23.8 Å². The van der Waals surface area contributed by atoms with Gasteiger partial charge in [-0.25, -0.2) is 0 Å². The molecule has 2 aliphatic heterocycles. The average molecular weight is 370 g/mol. The third-order valence-electron chi connectivity index (χ3n) is 6.97. The van der Waals surface area contributed by atoms with Crippen LogP contribution in [0.25, 0.3) is 0 Å². The first-order valence-corrected chi connectivity index (χ1v) is 10.3. The molecule has 1 N–H and O–H groups in total.